The van der Waals surface area contributed by atoms with Gasteiger partial charge >= 0.3 is 0 Å². The summed E-state index contributed by atoms with van der Waals surface area (Å²) in [6.07, 6.45) is -1.77. The number of hydrogen-bond donors (Lipinski definition) is 2. The highest BCUT2D eigenvalue weighted by Gasteiger charge is 2.38. The van der Waals surface area contributed by atoms with Crippen molar-refractivity contribution in [1.29, 1.82) is 0 Å². The molecular formula is C33H28F5NO5S. The van der Waals surface area contributed by atoms with Crippen molar-refractivity contribution in [1.82, 2.24) is 0 Å². The number of aliphatic hydroxyl groups excluding tert-OH is 1. The molecule has 1 aliphatic heterocycles. The maximum atomic E-state index is 14.3. The van der Waals surface area contributed by atoms with Gasteiger partial charge in [-0.25, -0.2) is 22.0 Å². The van der Waals surface area contributed by atoms with E-state index in [1.54, 1.807) is 37.1 Å². The minimum atomic E-state index is -2.36. The maximum Gasteiger partial charge on any atom is 0.261 e. The molecule has 1 fully saturated rings. The predicted molar refractivity (Wildman–Crippen MR) is 157 cm³/mol. The molecule has 1 amide bonds. The topological polar surface area (TPSA) is 77.0 Å². The quantitative estimate of drug-likeness (QED) is 0.0841. The van der Waals surface area contributed by atoms with E-state index in [0.717, 1.165) is 16.0 Å². The van der Waals surface area contributed by atoms with Crippen LogP contribution >= 0.6 is 11.8 Å². The summed E-state index contributed by atoms with van der Waals surface area (Å²) in [4.78, 5) is 13.6. The van der Waals surface area contributed by atoms with E-state index in [0.29, 0.717) is 17.1 Å². The lowest BCUT2D eigenvalue weighted by Gasteiger charge is -2.41. The second-order valence-corrected chi connectivity index (χ2v) is 11.4. The zero-order valence-corrected chi connectivity index (χ0v) is 24.8. The summed E-state index contributed by atoms with van der Waals surface area (Å²) in [5.74, 6) is -11.7. The van der Waals surface area contributed by atoms with Crippen LogP contribution in [0.5, 0.6) is 5.75 Å². The fraction of sp³-hybridized carbons (Fsp3) is 0.242. The zero-order chi connectivity index (χ0) is 32.2. The summed E-state index contributed by atoms with van der Waals surface area (Å²) in [7, 11) is 1.59. The molecule has 5 rings (SSSR count). The van der Waals surface area contributed by atoms with Gasteiger partial charge < -0.3 is 24.6 Å². The average Bonchev–Trinajstić information content (AvgIpc) is 3.06. The van der Waals surface area contributed by atoms with Gasteiger partial charge in [0, 0.05) is 27.8 Å². The Morgan fingerprint density at radius 3 is 2.20 bits per heavy atom. The molecule has 1 saturated heterocycles. The molecule has 0 unspecified atom stereocenters. The van der Waals surface area contributed by atoms with E-state index in [1.807, 2.05) is 43.3 Å². The van der Waals surface area contributed by atoms with Gasteiger partial charge in [0.2, 0.25) is 5.82 Å². The van der Waals surface area contributed by atoms with Gasteiger partial charge in [-0.3, -0.25) is 4.79 Å². The number of ether oxygens (including phenoxy) is 3. The van der Waals surface area contributed by atoms with Crippen LogP contribution in [-0.2, 0) is 16.1 Å². The Hall–Kier alpha value is -3.97. The van der Waals surface area contributed by atoms with E-state index in [9.17, 15) is 31.9 Å². The molecule has 2 N–H and O–H groups in total. The first kappa shape index (κ1) is 32.4. The van der Waals surface area contributed by atoms with Crippen LogP contribution in [0.1, 0.15) is 46.4 Å². The lowest BCUT2D eigenvalue weighted by molar-refractivity contribution is -0.268. The van der Waals surface area contributed by atoms with Crippen LogP contribution in [0.3, 0.4) is 0 Å². The number of thioether (sulfide) groups is 1. The number of rotatable bonds is 9. The molecule has 0 spiro atoms. The van der Waals surface area contributed by atoms with Gasteiger partial charge in [0.15, 0.2) is 29.6 Å². The van der Waals surface area contributed by atoms with E-state index in [4.69, 9.17) is 14.2 Å². The van der Waals surface area contributed by atoms with Crippen LogP contribution < -0.4 is 10.1 Å². The lowest BCUT2D eigenvalue weighted by Crippen LogP contribution is -2.38. The van der Waals surface area contributed by atoms with Crippen molar-refractivity contribution in [2.75, 3.05) is 18.2 Å². The SMILES string of the molecule is COc1ccccc1SC[C@@H]1O[C@H](c2cccc(NC(=O)c3c(F)c(F)c(F)c(F)c3F)c2)O[C@H](c2ccc(CO)cc2)[C@@H]1C. The van der Waals surface area contributed by atoms with Crippen molar-refractivity contribution in [3.63, 3.8) is 0 Å². The minimum absolute atomic E-state index is 0.0102. The second-order valence-electron chi connectivity index (χ2n) is 10.3. The Kier molecular flexibility index (Phi) is 10.1. The summed E-state index contributed by atoms with van der Waals surface area (Å²) >= 11 is 1.54. The van der Waals surface area contributed by atoms with Crippen molar-refractivity contribution >= 4 is 23.4 Å². The molecular weight excluding hydrogens is 617 g/mol. The van der Waals surface area contributed by atoms with Crippen LogP contribution in [0.2, 0.25) is 0 Å². The number of anilines is 1. The van der Waals surface area contributed by atoms with Gasteiger partial charge in [0.1, 0.15) is 11.3 Å². The summed E-state index contributed by atoms with van der Waals surface area (Å²) in [5, 5.41) is 11.7. The van der Waals surface area contributed by atoms with Crippen molar-refractivity contribution in [2.45, 2.75) is 36.9 Å². The molecule has 0 saturated carbocycles. The number of carbonyl (C=O) groups excluding carboxylic acids is 1. The Morgan fingerprint density at radius 2 is 1.53 bits per heavy atom. The van der Waals surface area contributed by atoms with Gasteiger partial charge in [-0.05, 0) is 35.4 Å². The van der Waals surface area contributed by atoms with Gasteiger partial charge in [-0.2, -0.15) is 0 Å². The Labute approximate surface area is 260 Å². The largest absolute Gasteiger partial charge is 0.496 e. The molecule has 6 nitrogen and oxygen atoms in total. The Balaban J connectivity index is 1.42. The standard InChI is InChI=1S/C33H28F5NO5S/c1-17-23(16-45-24-9-4-3-8-22(24)42-2)43-33(44-31(17)19-12-10-18(15-40)11-13-19)20-6-5-7-21(14-20)39-32(41)25-26(34)28(36)30(38)29(37)27(25)35/h3-14,17,23,31,33,40H,15-16H2,1-2H3,(H,39,41)/t17-,23+,31+,33+/m1/s1. The normalized spacial score (nSPS) is 19.7. The van der Waals surface area contributed by atoms with Crippen LogP contribution in [0.25, 0.3) is 0 Å². The van der Waals surface area contributed by atoms with Crippen molar-refractivity contribution < 1.29 is 46.1 Å². The van der Waals surface area contributed by atoms with Crippen LogP contribution in [0.4, 0.5) is 27.6 Å². The molecule has 0 radical (unpaired) electrons. The smallest absolute Gasteiger partial charge is 0.261 e. The minimum Gasteiger partial charge on any atom is -0.496 e. The van der Waals surface area contributed by atoms with Gasteiger partial charge in [0.05, 0.1) is 25.9 Å². The molecule has 4 atom stereocenters. The number of halogens is 5. The van der Waals surface area contributed by atoms with Crippen molar-refractivity contribution in [3.05, 3.63) is 124 Å². The van der Waals surface area contributed by atoms with Gasteiger partial charge in [-0.1, -0.05) is 55.5 Å². The van der Waals surface area contributed by atoms with Gasteiger partial charge in [-0.15, -0.1) is 11.8 Å². The highest BCUT2D eigenvalue weighted by Crippen LogP contribution is 2.44. The second kappa shape index (κ2) is 14.0. The maximum absolute atomic E-state index is 14.3. The monoisotopic (exact) mass is 645 g/mol. The van der Waals surface area contributed by atoms with Crippen LogP contribution in [0, 0.1) is 35.0 Å². The molecule has 0 bridgehead atoms. The fourth-order valence-corrected chi connectivity index (χ4v) is 6.18. The average molecular weight is 646 g/mol. The van der Waals surface area contributed by atoms with Crippen molar-refractivity contribution in [3.8, 4) is 5.75 Å². The first-order valence-corrected chi connectivity index (χ1v) is 14.8. The van der Waals surface area contributed by atoms with Crippen molar-refractivity contribution in [2.24, 2.45) is 5.92 Å². The first-order chi connectivity index (χ1) is 21.6. The number of aliphatic hydroxyl groups is 1. The molecule has 4 aromatic rings. The molecule has 0 aromatic heterocycles. The molecule has 12 heteroatoms. The van der Waals surface area contributed by atoms with E-state index < -0.39 is 53.0 Å². The third-order valence-electron chi connectivity index (χ3n) is 7.45. The highest BCUT2D eigenvalue weighted by molar-refractivity contribution is 7.99. The fourth-order valence-electron chi connectivity index (χ4n) is 4.98. The lowest BCUT2D eigenvalue weighted by atomic mass is 9.91. The Morgan fingerprint density at radius 1 is 0.867 bits per heavy atom. The highest BCUT2D eigenvalue weighted by atomic mass is 32.2. The van der Waals surface area contributed by atoms with Gasteiger partial charge in [0.25, 0.3) is 5.91 Å². The van der Waals surface area contributed by atoms with Crippen LogP contribution in [-0.4, -0.2) is 30.0 Å². The number of hydrogen-bond acceptors (Lipinski definition) is 6. The Bertz CT molecular complexity index is 1660. The van der Waals surface area contributed by atoms with Crippen LogP contribution in [0.15, 0.2) is 77.7 Å². The summed E-state index contributed by atoms with van der Waals surface area (Å²) < 4.78 is 87.7. The molecule has 236 valence electrons. The van der Waals surface area contributed by atoms with E-state index in [2.05, 4.69) is 5.32 Å². The number of carbonyl (C=O) groups is 1. The summed E-state index contributed by atoms with van der Waals surface area (Å²) in [6.45, 7) is 1.88. The van der Waals surface area contributed by atoms with E-state index >= 15 is 0 Å². The molecule has 1 aliphatic rings. The summed E-state index contributed by atoms with van der Waals surface area (Å²) in [6, 6.07) is 20.9. The molecule has 4 aromatic carbocycles. The number of nitrogens with one attached hydrogen (secondary N) is 1. The summed E-state index contributed by atoms with van der Waals surface area (Å²) in [5.41, 5.74) is 0.416. The molecule has 0 aliphatic carbocycles. The molecule has 45 heavy (non-hydrogen) atoms. The predicted octanol–water partition coefficient (Wildman–Crippen LogP) is 7.72. The third kappa shape index (κ3) is 6.84. The number of benzene rings is 4. The first-order valence-electron chi connectivity index (χ1n) is 13.8. The molecule has 1 heterocycles. The number of para-hydroxylation sites is 1. The number of amides is 1. The van der Waals surface area contributed by atoms with E-state index in [-0.39, 0.29) is 24.3 Å². The van der Waals surface area contributed by atoms with E-state index in [1.165, 1.54) is 18.2 Å². The number of methoxy groups -OCH3 is 1. The third-order valence-corrected chi connectivity index (χ3v) is 8.59. The zero-order valence-electron chi connectivity index (χ0n) is 24.0.